The zero-order chi connectivity index (χ0) is 12.1. The Morgan fingerprint density at radius 3 is 2.88 bits per heavy atom. The van der Waals surface area contributed by atoms with Gasteiger partial charge in [-0.15, -0.1) is 0 Å². The van der Waals surface area contributed by atoms with Gasteiger partial charge in [0, 0.05) is 41.8 Å². The van der Waals surface area contributed by atoms with E-state index in [0.29, 0.717) is 18.7 Å². The maximum absolute atomic E-state index is 11.7. The molecule has 1 heterocycles. The van der Waals surface area contributed by atoms with E-state index in [0.717, 1.165) is 0 Å². The monoisotopic (exact) mass is 246 g/mol. The van der Waals surface area contributed by atoms with Gasteiger partial charge in [-0.05, 0) is 13.3 Å². The smallest absolute Gasteiger partial charge is 0.225 e. The molecule has 92 valence electrons. The van der Waals surface area contributed by atoms with Crippen LogP contribution in [0.1, 0.15) is 19.8 Å². The highest BCUT2D eigenvalue weighted by Crippen LogP contribution is 2.09. The molecule has 0 aliphatic carbocycles. The van der Waals surface area contributed by atoms with Crippen molar-refractivity contribution in [3.05, 3.63) is 0 Å². The first-order valence-corrected chi connectivity index (χ1v) is 7.09. The molecule has 2 N–H and O–H groups in total. The fraction of sp³-hybridized carbons (Fsp3) is 0.800. The van der Waals surface area contributed by atoms with Crippen LogP contribution in [0.5, 0.6) is 0 Å². The summed E-state index contributed by atoms with van der Waals surface area (Å²) in [7, 11) is -0.826. The van der Waals surface area contributed by atoms with E-state index in [2.05, 4.69) is 10.6 Å². The quantitative estimate of drug-likeness (QED) is 0.680. The van der Waals surface area contributed by atoms with Gasteiger partial charge in [0.15, 0.2) is 0 Å². The Balaban J connectivity index is 2.28. The van der Waals surface area contributed by atoms with Crippen LogP contribution < -0.4 is 10.6 Å². The zero-order valence-corrected chi connectivity index (χ0v) is 10.4. The lowest BCUT2D eigenvalue weighted by Gasteiger charge is -2.15. The Bertz CT molecular complexity index is 306. The van der Waals surface area contributed by atoms with E-state index in [-0.39, 0.29) is 30.2 Å². The van der Waals surface area contributed by atoms with Gasteiger partial charge >= 0.3 is 0 Å². The number of amides is 2. The lowest BCUT2D eigenvalue weighted by atomic mass is 10.1. The van der Waals surface area contributed by atoms with Gasteiger partial charge in [0.2, 0.25) is 11.8 Å². The second kappa shape index (κ2) is 5.98. The van der Waals surface area contributed by atoms with E-state index < -0.39 is 10.8 Å². The SMILES string of the molecule is CC(CCS(C)=O)NC(=O)C1CNC(=O)C1. The Kier molecular flexibility index (Phi) is 4.92. The van der Waals surface area contributed by atoms with Crippen LogP contribution in [0.25, 0.3) is 0 Å². The first-order valence-electron chi connectivity index (χ1n) is 5.36. The third-order valence-electron chi connectivity index (χ3n) is 2.58. The van der Waals surface area contributed by atoms with Crippen molar-refractivity contribution in [1.29, 1.82) is 0 Å². The number of hydrogen-bond donors (Lipinski definition) is 2. The summed E-state index contributed by atoms with van der Waals surface area (Å²) in [5.74, 6) is 0.181. The topological polar surface area (TPSA) is 75.3 Å². The van der Waals surface area contributed by atoms with Crippen molar-refractivity contribution in [2.75, 3.05) is 18.6 Å². The number of hydrogen-bond acceptors (Lipinski definition) is 3. The van der Waals surface area contributed by atoms with Crippen molar-refractivity contribution < 1.29 is 13.8 Å². The van der Waals surface area contributed by atoms with Crippen LogP contribution in [0.4, 0.5) is 0 Å². The molecular formula is C10H18N2O3S. The van der Waals surface area contributed by atoms with Gasteiger partial charge in [0.1, 0.15) is 0 Å². The van der Waals surface area contributed by atoms with Crippen molar-refractivity contribution in [3.63, 3.8) is 0 Å². The summed E-state index contributed by atoms with van der Waals surface area (Å²) in [6.45, 7) is 2.31. The molecule has 0 saturated carbocycles. The van der Waals surface area contributed by atoms with Gasteiger partial charge in [0.25, 0.3) is 0 Å². The molecule has 6 heteroatoms. The van der Waals surface area contributed by atoms with Crippen molar-refractivity contribution >= 4 is 22.6 Å². The maximum Gasteiger partial charge on any atom is 0.225 e. The highest BCUT2D eigenvalue weighted by Gasteiger charge is 2.28. The summed E-state index contributed by atoms with van der Waals surface area (Å²) in [6, 6.07) is 0.00658. The molecule has 2 amide bonds. The van der Waals surface area contributed by atoms with Crippen molar-refractivity contribution in [2.24, 2.45) is 5.92 Å². The fourth-order valence-electron chi connectivity index (χ4n) is 1.57. The van der Waals surface area contributed by atoms with Gasteiger partial charge in [-0.3, -0.25) is 13.8 Å². The summed E-state index contributed by atoms with van der Waals surface area (Å²) in [5.41, 5.74) is 0. The maximum atomic E-state index is 11.7. The Morgan fingerprint density at radius 2 is 2.38 bits per heavy atom. The molecule has 1 fully saturated rings. The minimum atomic E-state index is -0.826. The number of carbonyl (C=O) groups excluding carboxylic acids is 2. The lowest BCUT2D eigenvalue weighted by Crippen LogP contribution is -2.38. The molecule has 3 atom stereocenters. The largest absolute Gasteiger partial charge is 0.355 e. The van der Waals surface area contributed by atoms with E-state index >= 15 is 0 Å². The molecule has 0 aromatic heterocycles. The summed E-state index contributed by atoms with van der Waals surface area (Å²) >= 11 is 0. The third kappa shape index (κ3) is 4.30. The molecule has 0 bridgehead atoms. The molecule has 16 heavy (non-hydrogen) atoms. The standard InChI is InChI=1S/C10H18N2O3S/c1-7(3-4-16(2)15)12-10(14)8-5-9(13)11-6-8/h7-8H,3-6H2,1-2H3,(H,11,13)(H,12,14). The van der Waals surface area contributed by atoms with Crippen LogP contribution in [0.15, 0.2) is 0 Å². The molecule has 0 aromatic rings. The van der Waals surface area contributed by atoms with Crippen LogP contribution >= 0.6 is 0 Å². The van der Waals surface area contributed by atoms with Crippen LogP contribution in [-0.4, -0.2) is 40.6 Å². The molecule has 1 saturated heterocycles. The average Bonchev–Trinajstić information content (AvgIpc) is 2.62. The Hall–Kier alpha value is -0.910. The Labute approximate surface area is 97.8 Å². The van der Waals surface area contributed by atoms with Crippen LogP contribution in [0, 0.1) is 5.92 Å². The normalized spacial score (nSPS) is 23.6. The third-order valence-corrected chi connectivity index (χ3v) is 3.39. The molecule has 5 nitrogen and oxygen atoms in total. The van der Waals surface area contributed by atoms with E-state index in [1.807, 2.05) is 6.92 Å². The highest BCUT2D eigenvalue weighted by molar-refractivity contribution is 7.84. The minimum absolute atomic E-state index is 0.00658. The van der Waals surface area contributed by atoms with E-state index in [4.69, 9.17) is 0 Å². The van der Waals surface area contributed by atoms with Crippen LogP contribution in [0.3, 0.4) is 0 Å². The first-order chi connectivity index (χ1) is 7.49. The molecule has 1 rings (SSSR count). The van der Waals surface area contributed by atoms with Crippen LogP contribution in [-0.2, 0) is 20.4 Å². The van der Waals surface area contributed by atoms with Gasteiger partial charge in [-0.1, -0.05) is 0 Å². The number of nitrogens with one attached hydrogen (secondary N) is 2. The molecule has 1 aliphatic heterocycles. The second-order valence-corrected chi connectivity index (χ2v) is 5.74. The van der Waals surface area contributed by atoms with E-state index in [9.17, 15) is 13.8 Å². The second-order valence-electron chi connectivity index (χ2n) is 4.18. The molecule has 0 radical (unpaired) electrons. The fourth-order valence-corrected chi connectivity index (χ4v) is 2.25. The predicted molar refractivity (Wildman–Crippen MR) is 62.3 cm³/mol. The van der Waals surface area contributed by atoms with E-state index in [1.165, 1.54) is 0 Å². The summed E-state index contributed by atoms with van der Waals surface area (Å²) in [6.07, 6.45) is 2.62. The predicted octanol–water partition coefficient (Wildman–Crippen LogP) is -0.604. The van der Waals surface area contributed by atoms with Gasteiger partial charge < -0.3 is 10.6 Å². The molecule has 3 unspecified atom stereocenters. The molecule has 0 aromatic carbocycles. The summed E-state index contributed by atoms with van der Waals surface area (Å²) in [4.78, 5) is 22.6. The van der Waals surface area contributed by atoms with Gasteiger partial charge in [0.05, 0.1) is 5.92 Å². The Morgan fingerprint density at radius 1 is 1.69 bits per heavy atom. The van der Waals surface area contributed by atoms with Gasteiger partial charge in [-0.2, -0.15) is 0 Å². The first kappa shape index (κ1) is 13.2. The minimum Gasteiger partial charge on any atom is -0.355 e. The highest BCUT2D eigenvalue weighted by atomic mass is 32.2. The van der Waals surface area contributed by atoms with Crippen LogP contribution in [0.2, 0.25) is 0 Å². The lowest BCUT2D eigenvalue weighted by molar-refractivity contribution is -0.127. The van der Waals surface area contributed by atoms with Crippen molar-refractivity contribution in [2.45, 2.75) is 25.8 Å². The van der Waals surface area contributed by atoms with Crippen molar-refractivity contribution in [3.8, 4) is 0 Å². The molecule has 1 aliphatic rings. The summed E-state index contributed by atoms with van der Waals surface area (Å²) < 4.78 is 10.9. The van der Waals surface area contributed by atoms with Gasteiger partial charge in [-0.25, -0.2) is 0 Å². The van der Waals surface area contributed by atoms with E-state index in [1.54, 1.807) is 6.26 Å². The van der Waals surface area contributed by atoms with Crippen molar-refractivity contribution in [1.82, 2.24) is 10.6 Å². The average molecular weight is 246 g/mol. The molecule has 0 spiro atoms. The summed E-state index contributed by atoms with van der Waals surface area (Å²) in [5, 5.41) is 5.46. The number of carbonyl (C=O) groups is 2. The zero-order valence-electron chi connectivity index (χ0n) is 9.62. The molecular weight excluding hydrogens is 228 g/mol. The number of rotatable bonds is 5.